The van der Waals surface area contributed by atoms with E-state index in [1.54, 1.807) is 11.8 Å². The molecule has 0 aliphatic heterocycles. The molecule has 0 saturated heterocycles. The number of hydrogen-bond donors (Lipinski definition) is 0. The summed E-state index contributed by atoms with van der Waals surface area (Å²) in [5, 5.41) is 12.8. The largest absolute Gasteiger partial charge is 0.217 e. The molecule has 0 atom stereocenters. The van der Waals surface area contributed by atoms with E-state index in [1.807, 2.05) is 11.6 Å². The summed E-state index contributed by atoms with van der Waals surface area (Å²) in [5.74, 6) is 6.67. The fourth-order valence-corrected chi connectivity index (χ4v) is 2.77. The van der Waals surface area contributed by atoms with Crippen LogP contribution in [0.25, 0.3) is 0 Å². The highest BCUT2D eigenvalue weighted by Gasteiger charge is 2.19. The van der Waals surface area contributed by atoms with E-state index >= 15 is 0 Å². The van der Waals surface area contributed by atoms with Crippen LogP contribution in [-0.4, -0.2) is 26.0 Å². The van der Waals surface area contributed by atoms with Crippen LogP contribution in [-0.2, 0) is 0 Å². The minimum atomic E-state index is 0.501. The van der Waals surface area contributed by atoms with Crippen LogP contribution < -0.4 is 0 Å². The van der Waals surface area contributed by atoms with Crippen LogP contribution in [0.1, 0.15) is 45.1 Å². The van der Waals surface area contributed by atoms with Gasteiger partial charge < -0.3 is 0 Å². The van der Waals surface area contributed by atoms with E-state index < -0.39 is 0 Å². The Morgan fingerprint density at radius 3 is 2.94 bits per heavy atom. The first-order valence-corrected chi connectivity index (χ1v) is 6.70. The van der Waals surface area contributed by atoms with Gasteiger partial charge in [-0.1, -0.05) is 36.9 Å². The predicted molar refractivity (Wildman–Crippen MR) is 64.1 cm³/mol. The second kappa shape index (κ2) is 5.90. The van der Waals surface area contributed by atoms with Gasteiger partial charge in [0.15, 0.2) is 0 Å². The van der Waals surface area contributed by atoms with Crippen molar-refractivity contribution in [3.63, 3.8) is 0 Å². The Hall–Kier alpha value is -1.02. The minimum absolute atomic E-state index is 0.501. The molecule has 0 unspecified atom stereocenters. The third-order valence-corrected chi connectivity index (χ3v) is 3.65. The lowest BCUT2D eigenvalue weighted by Crippen LogP contribution is -2.15. The molecule has 1 saturated carbocycles. The predicted octanol–water partition coefficient (Wildman–Crippen LogP) is 2.29. The molecule has 2 rings (SSSR count). The van der Waals surface area contributed by atoms with Crippen molar-refractivity contribution in [1.82, 2.24) is 20.2 Å². The van der Waals surface area contributed by atoms with Crippen LogP contribution in [0.2, 0.25) is 0 Å². The topological polar surface area (TPSA) is 43.6 Å². The van der Waals surface area contributed by atoms with Gasteiger partial charge in [-0.3, -0.25) is 0 Å². The zero-order valence-corrected chi connectivity index (χ0v) is 10.3. The van der Waals surface area contributed by atoms with Crippen LogP contribution in [0.4, 0.5) is 0 Å². The molecule has 4 nitrogen and oxygen atoms in total. The lowest BCUT2D eigenvalue weighted by Gasteiger charge is -2.21. The van der Waals surface area contributed by atoms with Crippen LogP contribution in [0.3, 0.4) is 0 Å². The van der Waals surface area contributed by atoms with Gasteiger partial charge in [-0.2, -0.15) is 0 Å². The Morgan fingerprint density at radius 1 is 1.38 bits per heavy atom. The molecule has 1 aromatic heterocycles. The first kappa shape index (κ1) is 11.5. The van der Waals surface area contributed by atoms with Gasteiger partial charge in [0.2, 0.25) is 5.16 Å². The van der Waals surface area contributed by atoms with Crippen molar-refractivity contribution in [2.45, 2.75) is 50.2 Å². The molecule has 0 radical (unpaired) electrons. The van der Waals surface area contributed by atoms with Crippen molar-refractivity contribution in [3.05, 3.63) is 0 Å². The molecule has 0 aromatic carbocycles. The van der Waals surface area contributed by atoms with Crippen molar-refractivity contribution in [3.8, 4) is 11.8 Å². The first-order chi connectivity index (χ1) is 7.92. The highest BCUT2D eigenvalue weighted by atomic mass is 32.2. The van der Waals surface area contributed by atoms with Gasteiger partial charge in [0.25, 0.3) is 0 Å². The summed E-state index contributed by atoms with van der Waals surface area (Å²) < 4.78 is 1.99. The molecule has 1 aliphatic carbocycles. The molecule has 1 aromatic rings. The maximum Gasteiger partial charge on any atom is 0.210 e. The summed E-state index contributed by atoms with van der Waals surface area (Å²) in [6.07, 6.45) is 6.35. The number of hydrogen-bond acceptors (Lipinski definition) is 4. The van der Waals surface area contributed by atoms with E-state index in [4.69, 9.17) is 0 Å². The molecule has 1 aliphatic rings. The third kappa shape index (κ3) is 2.76. The summed E-state index contributed by atoms with van der Waals surface area (Å²) in [5.41, 5.74) is 0. The molecule has 16 heavy (non-hydrogen) atoms. The number of nitrogens with zero attached hydrogens (tertiary/aromatic N) is 4. The molecule has 86 valence electrons. The maximum atomic E-state index is 4.11. The monoisotopic (exact) mass is 236 g/mol. The van der Waals surface area contributed by atoms with E-state index in [0.717, 1.165) is 10.9 Å². The van der Waals surface area contributed by atoms with Gasteiger partial charge in [0.05, 0.1) is 11.8 Å². The Balaban J connectivity index is 2.01. The van der Waals surface area contributed by atoms with Gasteiger partial charge >= 0.3 is 0 Å². The van der Waals surface area contributed by atoms with E-state index in [0.29, 0.717) is 6.04 Å². The second-order valence-corrected chi connectivity index (χ2v) is 4.86. The van der Waals surface area contributed by atoms with Gasteiger partial charge in [0.1, 0.15) is 0 Å². The molecule has 0 bridgehead atoms. The Labute approximate surface area is 100 Å². The quantitative estimate of drug-likeness (QED) is 0.596. The van der Waals surface area contributed by atoms with E-state index in [-0.39, 0.29) is 0 Å². The Kier molecular flexibility index (Phi) is 4.23. The van der Waals surface area contributed by atoms with Crippen molar-refractivity contribution in [1.29, 1.82) is 0 Å². The molecule has 1 fully saturated rings. The number of tetrazole rings is 1. The standard InChI is InChI=1S/C11H16N4S/c1-2-3-9-16-11-12-13-14-15(11)10-7-5-4-6-8-10/h10H,4-9H2,1H3. The summed E-state index contributed by atoms with van der Waals surface area (Å²) in [6, 6.07) is 0.501. The molecule has 0 amide bonds. The highest BCUT2D eigenvalue weighted by molar-refractivity contribution is 7.99. The fraction of sp³-hybridized carbons (Fsp3) is 0.727. The zero-order valence-electron chi connectivity index (χ0n) is 9.52. The second-order valence-electron chi connectivity index (χ2n) is 3.91. The van der Waals surface area contributed by atoms with Crippen LogP contribution in [0.5, 0.6) is 0 Å². The van der Waals surface area contributed by atoms with Crippen LogP contribution >= 0.6 is 11.8 Å². The van der Waals surface area contributed by atoms with Gasteiger partial charge in [0, 0.05) is 0 Å². The van der Waals surface area contributed by atoms with Crippen molar-refractivity contribution in [2.75, 3.05) is 5.75 Å². The SMILES string of the molecule is CC#CCSc1nnnn1C1CCCCC1. The normalized spacial score (nSPS) is 16.8. The first-order valence-electron chi connectivity index (χ1n) is 5.72. The van der Waals surface area contributed by atoms with Gasteiger partial charge in [-0.05, 0) is 30.2 Å². The summed E-state index contributed by atoms with van der Waals surface area (Å²) in [6.45, 7) is 1.85. The third-order valence-electron chi connectivity index (χ3n) is 2.83. The molecular formula is C11H16N4S. The van der Waals surface area contributed by atoms with Gasteiger partial charge in [-0.25, -0.2) is 4.68 Å². The van der Waals surface area contributed by atoms with E-state index in [9.17, 15) is 0 Å². The van der Waals surface area contributed by atoms with Gasteiger partial charge in [-0.15, -0.1) is 11.0 Å². The number of thioether (sulfide) groups is 1. The van der Waals surface area contributed by atoms with Crippen molar-refractivity contribution >= 4 is 11.8 Å². The lowest BCUT2D eigenvalue weighted by molar-refractivity contribution is 0.307. The minimum Gasteiger partial charge on any atom is -0.217 e. The average molecular weight is 236 g/mol. The lowest BCUT2D eigenvalue weighted by atomic mass is 9.96. The smallest absolute Gasteiger partial charge is 0.210 e. The zero-order chi connectivity index (χ0) is 11.2. The summed E-state index contributed by atoms with van der Waals surface area (Å²) in [7, 11) is 0. The summed E-state index contributed by atoms with van der Waals surface area (Å²) >= 11 is 1.63. The Morgan fingerprint density at radius 2 is 2.19 bits per heavy atom. The molecule has 0 N–H and O–H groups in total. The fourth-order valence-electron chi connectivity index (χ4n) is 2.01. The number of aromatic nitrogens is 4. The van der Waals surface area contributed by atoms with E-state index in [2.05, 4.69) is 27.4 Å². The van der Waals surface area contributed by atoms with Crippen molar-refractivity contribution in [2.24, 2.45) is 0 Å². The molecule has 1 heterocycles. The van der Waals surface area contributed by atoms with Crippen LogP contribution in [0, 0.1) is 11.8 Å². The molecule has 5 heteroatoms. The van der Waals surface area contributed by atoms with Crippen LogP contribution in [0.15, 0.2) is 5.16 Å². The molecule has 0 spiro atoms. The number of rotatable bonds is 3. The Bertz CT molecular complexity index is 384. The van der Waals surface area contributed by atoms with E-state index in [1.165, 1.54) is 32.1 Å². The summed E-state index contributed by atoms with van der Waals surface area (Å²) in [4.78, 5) is 0. The highest BCUT2D eigenvalue weighted by Crippen LogP contribution is 2.29. The van der Waals surface area contributed by atoms with Crippen molar-refractivity contribution < 1.29 is 0 Å². The molecular weight excluding hydrogens is 220 g/mol. The maximum absolute atomic E-state index is 4.11. The average Bonchev–Trinajstić information content (AvgIpc) is 2.79.